The van der Waals surface area contributed by atoms with Gasteiger partial charge in [0.25, 0.3) is 0 Å². The molecule has 2 heteroatoms. The quantitative estimate of drug-likeness (QED) is 0.557. The van der Waals surface area contributed by atoms with Crippen LogP contribution in [0.4, 0.5) is 0 Å². The zero-order valence-corrected chi connectivity index (χ0v) is 6.39. The molecule has 0 bridgehead atoms. The predicted molar refractivity (Wildman–Crippen MR) is 41.0 cm³/mol. The Labute approximate surface area is 65.7 Å². The highest BCUT2D eigenvalue weighted by Crippen LogP contribution is 2.32. The number of benzene rings is 1. The second-order valence-electron chi connectivity index (χ2n) is 2.49. The largest absolute Gasteiger partial charge is 0.486 e. The topological polar surface area (TPSA) is 18.5 Å². The van der Waals surface area contributed by atoms with Gasteiger partial charge in [0.1, 0.15) is 13.2 Å². The predicted octanol–water partition coefficient (Wildman–Crippen LogP) is 1.57. The number of hydrogen-bond acceptors (Lipinski definition) is 2. The van der Waals surface area contributed by atoms with Gasteiger partial charge in [-0.05, 0) is 19.1 Å². The highest BCUT2D eigenvalue weighted by molar-refractivity contribution is 5.45. The Balaban J connectivity index is 2.49. The highest BCUT2D eigenvalue weighted by Gasteiger charge is 2.12. The minimum Gasteiger partial charge on any atom is -0.486 e. The molecule has 0 saturated carbocycles. The third-order valence-corrected chi connectivity index (χ3v) is 1.69. The van der Waals surface area contributed by atoms with Crippen LogP contribution >= 0.6 is 0 Å². The molecule has 0 spiro atoms. The van der Waals surface area contributed by atoms with E-state index >= 15 is 0 Å². The lowest BCUT2D eigenvalue weighted by atomic mass is 10.2. The van der Waals surface area contributed by atoms with E-state index < -0.39 is 0 Å². The first-order valence-electron chi connectivity index (χ1n) is 3.65. The van der Waals surface area contributed by atoms with Gasteiger partial charge in [0, 0.05) is 5.56 Å². The van der Waals surface area contributed by atoms with Crippen LogP contribution < -0.4 is 9.47 Å². The van der Waals surface area contributed by atoms with Gasteiger partial charge in [0.2, 0.25) is 0 Å². The molecule has 1 aliphatic heterocycles. The molecule has 1 aliphatic rings. The van der Waals surface area contributed by atoms with E-state index in [0.29, 0.717) is 13.2 Å². The molecule has 11 heavy (non-hydrogen) atoms. The maximum atomic E-state index is 5.40. The van der Waals surface area contributed by atoms with Crippen LogP contribution in [0.25, 0.3) is 0 Å². The molecule has 0 unspecified atom stereocenters. The van der Waals surface area contributed by atoms with Gasteiger partial charge in [0.15, 0.2) is 11.5 Å². The fourth-order valence-electron chi connectivity index (χ4n) is 1.16. The first-order chi connectivity index (χ1) is 5.38. The fraction of sp³-hybridized carbons (Fsp3) is 0.333. The van der Waals surface area contributed by atoms with Crippen molar-refractivity contribution in [2.45, 2.75) is 6.92 Å². The fourth-order valence-corrected chi connectivity index (χ4v) is 1.16. The molecule has 57 valence electrons. The summed E-state index contributed by atoms with van der Waals surface area (Å²) in [6.45, 7) is 3.26. The molecule has 1 radical (unpaired) electrons. The van der Waals surface area contributed by atoms with Crippen molar-refractivity contribution in [1.29, 1.82) is 0 Å². The molecular weight excluding hydrogens is 140 g/mol. The molecule has 1 heterocycles. The lowest BCUT2D eigenvalue weighted by Crippen LogP contribution is -2.15. The standard InChI is InChI=1S/C9H9O2/c1-7-3-2-4-8-9(7)11-6-5-10-8/h2,4H,5-6H2,1H3. The first kappa shape index (κ1) is 6.53. The van der Waals surface area contributed by atoms with Gasteiger partial charge in [-0.25, -0.2) is 0 Å². The number of rotatable bonds is 0. The van der Waals surface area contributed by atoms with Crippen LogP contribution in [0, 0.1) is 13.0 Å². The summed E-state index contributed by atoms with van der Waals surface area (Å²) in [6.07, 6.45) is 0. The third-order valence-electron chi connectivity index (χ3n) is 1.69. The van der Waals surface area contributed by atoms with Gasteiger partial charge in [-0.3, -0.25) is 0 Å². The van der Waals surface area contributed by atoms with Crippen molar-refractivity contribution in [2.75, 3.05) is 13.2 Å². The van der Waals surface area contributed by atoms with Gasteiger partial charge >= 0.3 is 0 Å². The van der Waals surface area contributed by atoms with Gasteiger partial charge in [0.05, 0.1) is 0 Å². The molecule has 0 saturated heterocycles. The minimum atomic E-state index is 0.645. The van der Waals surface area contributed by atoms with Crippen LogP contribution in [-0.4, -0.2) is 13.2 Å². The number of aryl methyl sites for hydroxylation is 1. The van der Waals surface area contributed by atoms with E-state index in [0.717, 1.165) is 17.1 Å². The Hall–Kier alpha value is -1.18. The lowest BCUT2D eigenvalue weighted by Gasteiger charge is -2.19. The Morgan fingerprint density at radius 3 is 3.00 bits per heavy atom. The van der Waals surface area contributed by atoms with E-state index in [1.807, 2.05) is 19.1 Å². The highest BCUT2D eigenvalue weighted by atomic mass is 16.6. The molecule has 2 rings (SSSR count). The molecule has 0 N–H and O–H groups in total. The summed E-state index contributed by atoms with van der Waals surface area (Å²) in [5.41, 5.74) is 1.02. The van der Waals surface area contributed by atoms with E-state index in [1.165, 1.54) is 0 Å². The van der Waals surface area contributed by atoms with Gasteiger partial charge < -0.3 is 9.47 Å². The Kier molecular flexibility index (Phi) is 1.46. The van der Waals surface area contributed by atoms with Crippen LogP contribution in [0.1, 0.15) is 5.56 Å². The molecule has 1 aromatic carbocycles. The van der Waals surface area contributed by atoms with Crippen LogP contribution in [0.2, 0.25) is 0 Å². The van der Waals surface area contributed by atoms with Crippen molar-refractivity contribution in [3.63, 3.8) is 0 Å². The van der Waals surface area contributed by atoms with Gasteiger partial charge in [-0.1, -0.05) is 6.07 Å². The van der Waals surface area contributed by atoms with Crippen molar-refractivity contribution in [3.05, 3.63) is 23.8 Å². The van der Waals surface area contributed by atoms with Crippen LogP contribution in [0.3, 0.4) is 0 Å². The number of hydrogen-bond donors (Lipinski definition) is 0. The van der Waals surface area contributed by atoms with E-state index in [9.17, 15) is 0 Å². The van der Waals surface area contributed by atoms with Crippen molar-refractivity contribution >= 4 is 0 Å². The zero-order chi connectivity index (χ0) is 7.68. The maximum Gasteiger partial charge on any atom is 0.164 e. The summed E-state index contributed by atoms with van der Waals surface area (Å²) in [6, 6.07) is 6.78. The molecule has 2 nitrogen and oxygen atoms in total. The van der Waals surface area contributed by atoms with Crippen molar-refractivity contribution < 1.29 is 9.47 Å². The zero-order valence-electron chi connectivity index (χ0n) is 6.39. The molecule has 1 aromatic rings. The summed E-state index contributed by atoms with van der Waals surface area (Å²) in [4.78, 5) is 0. The second-order valence-corrected chi connectivity index (χ2v) is 2.49. The van der Waals surface area contributed by atoms with E-state index in [1.54, 1.807) is 0 Å². The smallest absolute Gasteiger partial charge is 0.164 e. The first-order valence-corrected chi connectivity index (χ1v) is 3.65. The van der Waals surface area contributed by atoms with E-state index in [2.05, 4.69) is 6.07 Å². The number of ether oxygens (including phenoxy) is 2. The molecule has 0 aliphatic carbocycles. The normalized spacial score (nSPS) is 14.6. The van der Waals surface area contributed by atoms with Gasteiger partial charge in [-0.15, -0.1) is 0 Å². The monoisotopic (exact) mass is 149 g/mol. The summed E-state index contributed by atoms with van der Waals surface area (Å²) in [5, 5.41) is 0. The van der Waals surface area contributed by atoms with Crippen molar-refractivity contribution in [1.82, 2.24) is 0 Å². The van der Waals surface area contributed by atoms with E-state index in [-0.39, 0.29) is 0 Å². The average Bonchev–Trinajstić information content (AvgIpc) is 2.06. The Morgan fingerprint density at radius 1 is 1.36 bits per heavy atom. The average molecular weight is 149 g/mol. The van der Waals surface area contributed by atoms with E-state index in [4.69, 9.17) is 9.47 Å². The lowest BCUT2D eigenvalue weighted by molar-refractivity contribution is 0.170. The summed E-state index contributed by atoms with van der Waals surface area (Å²) in [7, 11) is 0. The third kappa shape index (κ3) is 1.04. The summed E-state index contributed by atoms with van der Waals surface area (Å²) >= 11 is 0. The molecule has 0 atom stereocenters. The molecule has 0 aromatic heterocycles. The summed E-state index contributed by atoms with van der Waals surface area (Å²) < 4.78 is 10.8. The maximum absolute atomic E-state index is 5.40. The molecule has 0 fully saturated rings. The van der Waals surface area contributed by atoms with Crippen LogP contribution in [0.5, 0.6) is 11.5 Å². The summed E-state index contributed by atoms with van der Waals surface area (Å²) in [5.74, 6) is 1.69. The van der Waals surface area contributed by atoms with Crippen molar-refractivity contribution in [2.24, 2.45) is 0 Å². The van der Waals surface area contributed by atoms with Crippen LogP contribution in [-0.2, 0) is 0 Å². The SMILES string of the molecule is Cc1[c]ccc2c1OCCO2. The van der Waals surface area contributed by atoms with Crippen molar-refractivity contribution in [3.8, 4) is 11.5 Å². The molecular formula is C9H9O2. The van der Waals surface area contributed by atoms with Gasteiger partial charge in [-0.2, -0.15) is 0 Å². The number of fused-ring (bicyclic) bond motifs is 1. The Morgan fingerprint density at radius 2 is 2.18 bits per heavy atom. The second kappa shape index (κ2) is 2.46. The minimum absolute atomic E-state index is 0.645. The molecule has 0 amide bonds. The van der Waals surface area contributed by atoms with Crippen LogP contribution in [0.15, 0.2) is 12.1 Å². The Bertz CT molecular complexity index is 268.